The number of benzene rings is 4. The summed E-state index contributed by atoms with van der Waals surface area (Å²) in [6.45, 7) is 5.26. The van der Waals surface area contributed by atoms with Crippen LogP contribution in [0.3, 0.4) is 0 Å². The summed E-state index contributed by atoms with van der Waals surface area (Å²) >= 11 is 0. The number of rotatable bonds is 7. The molecule has 0 fully saturated rings. The van der Waals surface area contributed by atoms with Crippen LogP contribution in [-0.2, 0) is 13.0 Å². The van der Waals surface area contributed by atoms with Gasteiger partial charge in [-0.3, -0.25) is 9.59 Å². The molecule has 1 aliphatic heterocycles. The molecule has 1 heterocycles. The number of hydrogen-bond acceptors (Lipinski definition) is 3. The van der Waals surface area contributed by atoms with Crippen LogP contribution in [0.5, 0.6) is 0 Å². The molecular formula is C33H32FN3O2. The van der Waals surface area contributed by atoms with E-state index >= 15 is 0 Å². The molecule has 0 aromatic heterocycles. The smallest absolute Gasteiger partial charge is 0.251 e. The van der Waals surface area contributed by atoms with Crippen molar-refractivity contribution in [2.24, 2.45) is 5.73 Å². The second-order valence-electron chi connectivity index (χ2n) is 10.2. The highest BCUT2D eigenvalue weighted by Gasteiger charge is 2.20. The van der Waals surface area contributed by atoms with Crippen molar-refractivity contribution in [2.75, 3.05) is 11.4 Å². The molecule has 1 atom stereocenters. The average Bonchev–Trinajstić information content (AvgIpc) is 2.94. The lowest BCUT2D eigenvalue weighted by Gasteiger charge is -2.32. The maximum absolute atomic E-state index is 14.0. The first kappa shape index (κ1) is 26.2. The predicted octanol–water partition coefficient (Wildman–Crippen LogP) is 6.34. The molecule has 1 aliphatic rings. The number of carbonyl (C=O) groups excluding carboxylic acids is 2. The normalized spacial score (nSPS) is 13.5. The highest BCUT2D eigenvalue weighted by Crippen LogP contribution is 2.31. The maximum Gasteiger partial charge on any atom is 0.251 e. The van der Waals surface area contributed by atoms with E-state index in [0.717, 1.165) is 59.4 Å². The van der Waals surface area contributed by atoms with E-state index in [2.05, 4.69) is 22.3 Å². The summed E-state index contributed by atoms with van der Waals surface area (Å²) in [5.74, 6) is -0.881. The first-order chi connectivity index (χ1) is 18.8. The summed E-state index contributed by atoms with van der Waals surface area (Å²) in [5.41, 5.74) is 13.2. The maximum atomic E-state index is 14.0. The molecule has 39 heavy (non-hydrogen) atoms. The lowest BCUT2D eigenvalue weighted by molar-refractivity contribution is 0.0938. The summed E-state index contributed by atoms with van der Waals surface area (Å²) in [7, 11) is 0. The molecule has 5 nitrogen and oxygen atoms in total. The van der Waals surface area contributed by atoms with Crippen LogP contribution < -0.4 is 16.0 Å². The Balaban J connectivity index is 1.29. The molecule has 0 saturated carbocycles. The van der Waals surface area contributed by atoms with Crippen molar-refractivity contribution in [3.8, 4) is 11.1 Å². The van der Waals surface area contributed by atoms with Gasteiger partial charge in [-0.15, -0.1) is 0 Å². The van der Waals surface area contributed by atoms with E-state index in [1.807, 2.05) is 61.5 Å². The number of amides is 2. The van der Waals surface area contributed by atoms with Gasteiger partial charge in [-0.2, -0.15) is 0 Å². The molecule has 3 N–H and O–H groups in total. The fourth-order valence-corrected chi connectivity index (χ4v) is 5.18. The molecule has 4 aromatic carbocycles. The fraction of sp³-hybridized carbons (Fsp3) is 0.212. The third-order valence-corrected chi connectivity index (χ3v) is 7.43. The number of anilines is 1. The Morgan fingerprint density at radius 2 is 1.77 bits per heavy atom. The van der Waals surface area contributed by atoms with Gasteiger partial charge in [0.05, 0.1) is 6.04 Å². The standard InChI is InChI=1S/C33H32FN3O2/c1-21-9-12-25(19-30(21)34)22(2)36-33(39)27-15-16-31-26(18-27)6-5-17-37(31)20-23-10-13-24(14-11-23)28-7-3-4-8-29(28)32(35)38/h3-4,7-16,18-19,22H,5-6,17,20H2,1-2H3,(H2,35,38)(H,36,39)/t22-/m0/s1. The number of nitrogens with zero attached hydrogens (tertiary/aromatic N) is 1. The van der Waals surface area contributed by atoms with Gasteiger partial charge in [0.25, 0.3) is 5.91 Å². The Morgan fingerprint density at radius 1 is 1.00 bits per heavy atom. The number of hydrogen-bond donors (Lipinski definition) is 2. The minimum absolute atomic E-state index is 0.171. The number of halogens is 1. The van der Waals surface area contributed by atoms with Crippen molar-refractivity contribution in [2.45, 2.75) is 39.3 Å². The van der Waals surface area contributed by atoms with E-state index in [-0.39, 0.29) is 17.8 Å². The fourth-order valence-electron chi connectivity index (χ4n) is 5.18. The van der Waals surface area contributed by atoms with Gasteiger partial charge in [0, 0.05) is 29.9 Å². The van der Waals surface area contributed by atoms with Crippen molar-refractivity contribution >= 4 is 17.5 Å². The van der Waals surface area contributed by atoms with Crippen LogP contribution >= 0.6 is 0 Å². The first-order valence-corrected chi connectivity index (χ1v) is 13.2. The third-order valence-electron chi connectivity index (χ3n) is 7.43. The zero-order valence-corrected chi connectivity index (χ0v) is 22.2. The van der Waals surface area contributed by atoms with Gasteiger partial charge in [0.2, 0.25) is 5.91 Å². The van der Waals surface area contributed by atoms with Crippen LogP contribution in [0.2, 0.25) is 0 Å². The Morgan fingerprint density at radius 3 is 2.51 bits per heavy atom. The Labute approximate surface area is 228 Å². The van der Waals surface area contributed by atoms with Crippen molar-refractivity contribution < 1.29 is 14.0 Å². The van der Waals surface area contributed by atoms with Gasteiger partial charge in [0.15, 0.2) is 0 Å². The number of nitrogens with two attached hydrogens (primary N) is 1. The van der Waals surface area contributed by atoms with E-state index < -0.39 is 5.91 Å². The van der Waals surface area contributed by atoms with Crippen LogP contribution in [0.15, 0.2) is 84.9 Å². The number of aryl methyl sites for hydroxylation is 2. The molecule has 0 bridgehead atoms. The Kier molecular flexibility index (Phi) is 7.46. The van der Waals surface area contributed by atoms with Crippen LogP contribution in [-0.4, -0.2) is 18.4 Å². The lowest BCUT2D eigenvalue weighted by atomic mass is 9.96. The van der Waals surface area contributed by atoms with Gasteiger partial charge in [-0.1, -0.05) is 54.6 Å². The van der Waals surface area contributed by atoms with Crippen LogP contribution in [0, 0.1) is 12.7 Å². The van der Waals surface area contributed by atoms with Crippen molar-refractivity contribution in [3.63, 3.8) is 0 Å². The topological polar surface area (TPSA) is 75.4 Å². The van der Waals surface area contributed by atoms with Crippen LogP contribution in [0.1, 0.15) is 62.4 Å². The number of fused-ring (bicyclic) bond motifs is 1. The molecule has 0 saturated heterocycles. The van der Waals surface area contributed by atoms with Crippen LogP contribution in [0.25, 0.3) is 11.1 Å². The zero-order valence-electron chi connectivity index (χ0n) is 22.2. The van der Waals surface area contributed by atoms with Crippen molar-refractivity contribution in [1.29, 1.82) is 0 Å². The van der Waals surface area contributed by atoms with Crippen LogP contribution in [0.4, 0.5) is 10.1 Å². The molecule has 5 rings (SSSR count). The Bertz CT molecular complexity index is 1530. The largest absolute Gasteiger partial charge is 0.367 e. The van der Waals surface area contributed by atoms with E-state index in [1.54, 1.807) is 19.1 Å². The Hall–Kier alpha value is -4.45. The summed E-state index contributed by atoms with van der Waals surface area (Å²) in [6, 6.07) is 26.2. The summed E-state index contributed by atoms with van der Waals surface area (Å²) < 4.78 is 14.0. The number of primary amides is 1. The van der Waals surface area contributed by atoms with E-state index in [9.17, 15) is 14.0 Å². The summed E-state index contributed by atoms with van der Waals surface area (Å²) in [6.07, 6.45) is 1.91. The minimum atomic E-state index is -0.439. The second kappa shape index (κ2) is 11.1. The molecular weight excluding hydrogens is 489 g/mol. The second-order valence-corrected chi connectivity index (χ2v) is 10.2. The van der Waals surface area contributed by atoms with E-state index in [0.29, 0.717) is 16.7 Å². The van der Waals surface area contributed by atoms with Gasteiger partial charge < -0.3 is 16.0 Å². The minimum Gasteiger partial charge on any atom is -0.367 e. The SMILES string of the molecule is Cc1ccc([C@H](C)NC(=O)c2ccc3c(c2)CCCN3Cc2ccc(-c3ccccc3C(N)=O)cc2)cc1F. The van der Waals surface area contributed by atoms with Gasteiger partial charge in [-0.05, 0) is 90.4 Å². The van der Waals surface area contributed by atoms with Gasteiger partial charge in [-0.25, -0.2) is 4.39 Å². The quantitative estimate of drug-likeness (QED) is 0.298. The molecule has 4 aromatic rings. The molecule has 2 amide bonds. The average molecular weight is 522 g/mol. The lowest BCUT2D eigenvalue weighted by Crippen LogP contribution is -2.30. The molecule has 0 spiro atoms. The summed E-state index contributed by atoms with van der Waals surface area (Å²) in [4.78, 5) is 27.2. The van der Waals surface area contributed by atoms with E-state index in [4.69, 9.17) is 5.73 Å². The highest BCUT2D eigenvalue weighted by atomic mass is 19.1. The van der Waals surface area contributed by atoms with Gasteiger partial charge in [0.1, 0.15) is 5.82 Å². The van der Waals surface area contributed by atoms with Gasteiger partial charge >= 0.3 is 0 Å². The molecule has 0 radical (unpaired) electrons. The first-order valence-electron chi connectivity index (χ1n) is 13.2. The zero-order chi connectivity index (χ0) is 27.5. The van der Waals surface area contributed by atoms with E-state index in [1.165, 1.54) is 6.07 Å². The highest BCUT2D eigenvalue weighted by molar-refractivity contribution is 5.99. The molecule has 0 aliphatic carbocycles. The molecule has 198 valence electrons. The predicted molar refractivity (Wildman–Crippen MR) is 153 cm³/mol. The van der Waals surface area contributed by atoms with Crippen molar-refractivity contribution in [1.82, 2.24) is 5.32 Å². The summed E-state index contributed by atoms with van der Waals surface area (Å²) in [5, 5.41) is 3.00. The number of nitrogens with one attached hydrogen (secondary N) is 1. The van der Waals surface area contributed by atoms with Crippen molar-refractivity contribution in [3.05, 3.63) is 124 Å². The molecule has 6 heteroatoms. The monoisotopic (exact) mass is 521 g/mol. The third kappa shape index (κ3) is 5.70. The molecule has 0 unspecified atom stereocenters. The number of carbonyl (C=O) groups is 2.